The van der Waals surface area contributed by atoms with E-state index in [1.165, 1.54) is 10.4 Å². The number of hydrogen-bond donors (Lipinski definition) is 2. The standard InChI is InChI=1S/C8H13N3OS/c1-6-3-4-13-7(6)5-11(2)8(9)10-12/h3-4,12H,5H2,1-2H3,(H2,9,10). The lowest BCUT2D eigenvalue weighted by molar-refractivity contribution is 0.304. The molecule has 0 aliphatic heterocycles. The number of guanidine groups is 1. The van der Waals surface area contributed by atoms with Crippen LogP contribution in [-0.2, 0) is 6.54 Å². The molecule has 1 aromatic rings. The molecule has 0 atom stereocenters. The quantitative estimate of drug-likeness (QED) is 0.325. The highest BCUT2D eigenvalue weighted by atomic mass is 32.1. The Labute approximate surface area is 81.3 Å². The molecule has 0 aliphatic rings. The summed E-state index contributed by atoms with van der Waals surface area (Å²) in [4.78, 5) is 2.92. The first-order valence-corrected chi connectivity index (χ1v) is 4.74. The fourth-order valence-corrected chi connectivity index (χ4v) is 1.90. The van der Waals surface area contributed by atoms with Gasteiger partial charge in [-0.25, -0.2) is 0 Å². The van der Waals surface area contributed by atoms with Gasteiger partial charge < -0.3 is 15.8 Å². The van der Waals surface area contributed by atoms with Crippen molar-refractivity contribution in [2.24, 2.45) is 10.9 Å². The van der Waals surface area contributed by atoms with Crippen LogP contribution in [0.4, 0.5) is 0 Å². The minimum absolute atomic E-state index is 0.132. The van der Waals surface area contributed by atoms with Crippen LogP contribution in [0.3, 0.4) is 0 Å². The highest BCUT2D eigenvalue weighted by molar-refractivity contribution is 7.10. The summed E-state index contributed by atoms with van der Waals surface area (Å²) < 4.78 is 0. The van der Waals surface area contributed by atoms with Crippen LogP contribution >= 0.6 is 11.3 Å². The van der Waals surface area contributed by atoms with Crippen LogP contribution in [0, 0.1) is 6.92 Å². The summed E-state index contributed by atoms with van der Waals surface area (Å²) in [5.41, 5.74) is 6.65. The van der Waals surface area contributed by atoms with Gasteiger partial charge in [0.05, 0.1) is 6.54 Å². The normalized spacial score (nSPS) is 11.7. The van der Waals surface area contributed by atoms with E-state index < -0.39 is 0 Å². The maximum Gasteiger partial charge on any atom is 0.233 e. The van der Waals surface area contributed by atoms with E-state index in [9.17, 15) is 0 Å². The fraction of sp³-hybridized carbons (Fsp3) is 0.375. The molecule has 0 fully saturated rings. The molecular formula is C8H13N3OS. The van der Waals surface area contributed by atoms with Crippen LogP contribution < -0.4 is 5.73 Å². The van der Waals surface area contributed by atoms with Gasteiger partial charge in [0.2, 0.25) is 5.96 Å². The van der Waals surface area contributed by atoms with Crippen molar-refractivity contribution >= 4 is 17.3 Å². The number of hydrogen-bond acceptors (Lipinski definition) is 3. The van der Waals surface area contributed by atoms with Gasteiger partial charge in [0, 0.05) is 11.9 Å². The summed E-state index contributed by atoms with van der Waals surface area (Å²) in [7, 11) is 1.79. The van der Waals surface area contributed by atoms with E-state index in [1.807, 2.05) is 12.3 Å². The zero-order valence-corrected chi connectivity index (χ0v) is 8.51. The Morgan fingerprint density at radius 1 is 1.77 bits per heavy atom. The molecule has 0 spiro atoms. The topological polar surface area (TPSA) is 61.8 Å². The predicted molar refractivity (Wildman–Crippen MR) is 53.9 cm³/mol. The third-order valence-electron chi connectivity index (χ3n) is 1.84. The van der Waals surface area contributed by atoms with Crippen molar-refractivity contribution in [1.29, 1.82) is 0 Å². The van der Waals surface area contributed by atoms with E-state index in [4.69, 9.17) is 10.9 Å². The van der Waals surface area contributed by atoms with E-state index in [-0.39, 0.29) is 5.96 Å². The van der Waals surface area contributed by atoms with E-state index >= 15 is 0 Å². The molecule has 0 bridgehead atoms. The molecule has 1 aromatic heterocycles. The minimum Gasteiger partial charge on any atom is -0.408 e. The number of oxime groups is 1. The Morgan fingerprint density at radius 3 is 2.92 bits per heavy atom. The molecule has 0 amide bonds. The van der Waals surface area contributed by atoms with Crippen LogP contribution in [0.2, 0.25) is 0 Å². The van der Waals surface area contributed by atoms with Gasteiger partial charge in [-0.3, -0.25) is 0 Å². The Morgan fingerprint density at radius 2 is 2.46 bits per heavy atom. The molecule has 4 nitrogen and oxygen atoms in total. The molecule has 0 aliphatic carbocycles. The number of nitrogens with zero attached hydrogens (tertiary/aromatic N) is 2. The summed E-state index contributed by atoms with van der Waals surface area (Å²) in [6.07, 6.45) is 0. The van der Waals surface area contributed by atoms with Crippen LogP contribution in [-0.4, -0.2) is 23.1 Å². The van der Waals surface area contributed by atoms with Crippen molar-refractivity contribution in [3.8, 4) is 0 Å². The predicted octanol–water partition coefficient (Wildman–Crippen LogP) is 1.19. The molecule has 0 aromatic carbocycles. The van der Waals surface area contributed by atoms with Crippen LogP contribution in [0.25, 0.3) is 0 Å². The maximum atomic E-state index is 8.43. The van der Waals surface area contributed by atoms with Crippen molar-refractivity contribution in [3.05, 3.63) is 21.9 Å². The summed E-state index contributed by atoms with van der Waals surface area (Å²) in [6.45, 7) is 2.73. The van der Waals surface area contributed by atoms with Gasteiger partial charge >= 0.3 is 0 Å². The third kappa shape index (κ3) is 2.35. The van der Waals surface area contributed by atoms with E-state index in [0.717, 1.165) is 0 Å². The first kappa shape index (κ1) is 9.85. The Kier molecular flexibility index (Phi) is 3.13. The summed E-state index contributed by atoms with van der Waals surface area (Å²) >= 11 is 1.67. The van der Waals surface area contributed by atoms with Gasteiger partial charge in [-0.15, -0.1) is 11.3 Å². The molecule has 0 saturated heterocycles. The number of nitrogens with two attached hydrogens (primary N) is 1. The number of rotatable bonds is 2. The number of aryl methyl sites for hydroxylation is 1. The Balaban J connectivity index is 2.65. The molecule has 1 heterocycles. The second-order valence-electron chi connectivity index (χ2n) is 2.84. The molecule has 0 saturated carbocycles. The van der Waals surface area contributed by atoms with Crippen LogP contribution in [0.5, 0.6) is 0 Å². The zero-order chi connectivity index (χ0) is 9.84. The molecule has 0 unspecified atom stereocenters. The van der Waals surface area contributed by atoms with Crippen LogP contribution in [0.1, 0.15) is 10.4 Å². The fourth-order valence-electron chi connectivity index (χ4n) is 0.939. The lowest BCUT2D eigenvalue weighted by atomic mass is 10.3. The van der Waals surface area contributed by atoms with Crippen LogP contribution in [0.15, 0.2) is 16.6 Å². The molecule has 0 radical (unpaired) electrons. The van der Waals surface area contributed by atoms with Gasteiger partial charge in [0.25, 0.3) is 0 Å². The summed E-state index contributed by atoms with van der Waals surface area (Å²) in [5.74, 6) is 0.132. The first-order chi connectivity index (χ1) is 6.15. The highest BCUT2D eigenvalue weighted by Gasteiger charge is 2.06. The Bertz CT molecular complexity index is 308. The SMILES string of the molecule is Cc1ccsc1CN(C)/C(N)=N/O. The van der Waals surface area contributed by atoms with Crippen molar-refractivity contribution < 1.29 is 5.21 Å². The van der Waals surface area contributed by atoms with Gasteiger partial charge in [0.15, 0.2) is 0 Å². The lowest BCUT2D eigenvalue weighted by Crippen LogP contribution is -2.33. The minimum atomic E-state index is 0.132. The van der Waals surface area contributed by atoms with Crippen molar-refractivity contribution in [1.82, 2.24) is 4.90 Å². The van der Waals surface area contributed by atoms with Crippen molar-refractivity contribution in [3.63, 3.8) is 0 Å². The Hall–Kier alpha value is -1.23. The molecule has 13 heavy (non-hydrogen) atoms. The zero-order valence-electron chi connectivity index (χ0n) is 7.69. The first-order valence-electron chi connectivity index (χ1n) is 3.86. The van der Waals surface area contributed by atoms with Gasteiger partial charge in [-0.2, -0.15) is 0 Å². The van der Waals surface area contributed by atoms with Gasteiger partial charge in [-0.1, -0.05) is 5.16 Å². The second kappa shape index (κ2) is 4.13. The van der Waals surface area contributed by atoms with Crippen molar-refractivity contribution in [2.75, 3.05) is 7.05 Å². The summed E-state index contributed by atoms with van der Waals surface area (Å²) in [5, 5.41) is 13.4. The maximum absolute atomic E-state index is 8.43. The monoisotopic (exact) mass is 199 g/mol. The smallest absolute Gasteiger partial charge is 0.233 e. The molecule has 5 heteroatoms. The average Bonchev–Trinajstić information content (AvgIpc) is 2.50. The molecule has 3 N–H and O–H groups in total. The van der Waals surface area contributed by atoms with Gasteiger partial charge in [-0.05, 0) is 23.9 Å². The van der Waals surface area contributed by atoms with E-state index in [1.54, 1.807) is 23.3 Å². The van der Waals surface area contributed by atoms with Crippen molar-refractivity contribution in [2.45, 2.75) is 13.5 Å². The average molecular weight is 199 g/mol. The molecular weight excluding hydrogens is 186 g/mol. The third-order valence-corrected chi connectivity index (χ3v) is 2.85. The molecule has 1 rings (SSSR count). The highest BCUT2D eigenvalue weighted by Crippen LogP contribution is 2.16. The molecule has 72 valence electrons. The largest absolute Gasteiger partial charge is 0.408 e. The number of thiophene rings is 1. The second-order valence-corrected chi connectivity index (χ2v) is 3.84. The van der Waals surface area contributed by atoms with E-state index in [0.29, 0.717) is 6.54 Å². The summed E-state index contributed by atoms with van der Waals surface area (Å²) in [6, 6.07) is 2.06. The lowest BCUT2D eigenvalue weighted by Gasteiger charge is -2.15. The van der Waals surface area contributed by atoms with Gasteiger partial charge in [0.1, 0.15) is 0 Å². The van der Waals surface area contributed by atoms with E-state index in [2.05, 4.69) is 11.2 Å².